The number of nitrogens with zero attached hydrogens (tertiary/aromatic N) is 4. The van der Waals surface area contributed by atoms with Crippen molar-refractivity contribution in [1.82, 2.24) is 10.1 Å². The molecule has 1 unspecified atom stereocenters. The van der Waals surface area contributed by atoms with Gasteiger partial charge in [0.25, 0.3) is 10.9 Å². The lowest BCUT2D eigenvalue weighted by atomic mass is 10.0. The number of carbonyl (C=O) groups is 1. The van der Waals surface area contributed by atoms with Crippen LogP contribution in [0.5, 0.6) is 5.88 Å². The predicted octanol–water partition coefficient (Wildman–Crippen LogP) is 5.76. The molecule has 7 nitrogen and oxygen atoms in total. The van der Waals surface area contributed by atoms with Gasteiger partial charge in [0.15, 0.2) is 5.76 Å². The molecule has 1 amide bonds. The van der Waals surface area contributed by atoms with Crippen LogP contribution in [0.4, 0.5) is 10.1 Å². The number of rotatable bonds is 5. The second-order valence-electron chi connectivity index (χ2n) is 8.86. The van der Waals surface area contributed by atoms with Gasteiger partial charge in [0.05, 0.1) is 17.1 Å². The van der Waals surface area contributed by atoms with Crippen LogP contribution >= 0.6 is 23.4 Å². The normalized spacial score (nSPS) is 14.1. The van der Waals surface area contributed by atoms with E-state index in [0.29, 0.717) is 39.1 Å². The molecule has 0 saturated carbocycles. The molecule has 1 atom stereocenters. The number of thioether (sulfide) groups is 1. The summed E-state index contributed by atoms with van der Waals surface area (Å²) in [5, 5.41) is 19.0. The number of fused-ring (bicyclic) bond motifs is 3. The molecule has 0 spiro atoms. The average molecular weight is 559 g/mol. The van der Waals surface area contributed by atoms with E-state index in [2.05, 4.69) is 4.98 Å². The predicted molar refractivity (Wildman–Crippen MR) is 144 cm³/mol. The van der Waals surface area contributed by atoms with Crippen molar-refractivity contribution in [3.05, 3.63) is 107 Å². The Morgan fingerprint density at radius 2 is 1.82 bits per heavy atom. The van der Waals surface area contributed by atoms with Crippen molar-refractivity contribution in [2.45, 2.75) is 24.0 Å². The van der Waals surface area contributed by atoms with E-state index >= 15 is 0 Å². The van der Waals surface area contributed by atoms with E-state index in [1.54, 1.807) is 59.5 Å². The van der Waals surface area contributed by atoms with Gasteiger partial charge in [-0.3, -0.25) is 4.79 Å². The van der Waals surface area contributed by atoms with Gasteiger partial charge in [0.1, 0.15) is 11.6 Å². The minimum atomic E-state index is -0.892. The fourth-order valence-electron chi connectivity index (χ4n) is 4.61. The second-order valence-corrected chi connectivity index (χ2v) is 10.2. The smallest absolute Gasteiger partial charge is 0.325 e. The lowest BCUT2D eigenvalue weighted by Crippen LogP contribution is -2.58. The lowest BCUT2D eigenvalue weighted by Gasteiger charge is -2.31. The van der Waals surface area contributed by atoms with Crippen molar-refractivity contribution >= 4 is 35.0 Å². The topological polar surface area (TPSA) is 86.2 Å². The molecule has 5 aromatic rings. The van der Waals surface area contributed by atoms with Crippen molar-refractivity contribution < 1.29 is 23.4 Å². The van der Waals surface area contributed by atoms with Gasteiger partial charge in [-0.1, -0.05) is 53.7 Å². The minimum absolute atomic E-state index is 0.238. The molecule has 194 valence electrons. The average Bonchev–Trinajstić information content (AvgIpc) is 3.42. The Bertz CT molecular complexity index is 1710. The summed E-state index contributed by atoms with van der Waals surface area (Å²) < 4.78 is 21.2. The van der Waals surface area contributed by atoms with E-state index in [-0.39, 0.29) is 22.6 Å². The van der Waals surface area contributed by atoms with Gasteiger partial charge in [0.2, 0.25) is 5.91 Å². The molecule has 10 heteroatoms. The van der Waals surface area contributed by atoms with Gasteiger partial charge in [-0.15, -0.1) is 0 Å². The summed E-state index contributed by atoms with van der Waals surface area (Å²) in [5.41, 5.74) is 2.88. The first-order valence-corrected chi connectivity index (χ1v) is 13.4. The van der Waals surface area contributed by atoms with E-state index in [1.165, 1.54) is 35.5 Å². The van der Waals surface area contributed by atoms with E-state index in [0.717, 1.165) is 5.56 Å². The Morgan fingerprint density at radius 3 is 2.59 bits per heavy atom. The Hall–Kier alpha value is -4.21. The van der Waals surface area contributed by atoms with Gasteiger partial charge in [-0.05, 0) is 64.8 Å². The number of hydrogen-bond donors (Lipinski definition) is 0. The molecule has 1 aliphatic rings. The number of furan rings is 1. The summed E-state index contributed by atoms with van der Waals surface area (Å²) in [6, 6.07) is 23.9. The van der Waals surface area contributed by atoms with Gasteiger partial charge in [-0.2, -0.15) is 0 Å². The molecule has 3 heterocycles. The van der Waals surface area contributed by atoms with Crippen molar-refractivity contribution in [3.63, 3.8) is 0 Å². The SMILES string of the molecule is CC(=O)N1c2ccccc2-c2c([O-])nc(SCc3ccccc3Cl)n[n+]2C1c1ccc(-c2ccc(F)cc2)o1. The number of aromatic nitrogens is 3. The van der Waals surface area contributed by atoms with Crippen LogP contribution in [-0.4, -0.2) is 16.0 Å². The van der Waals surface area contributed by atoms with Crippen LogP contribution in [0.1, 0.15) is 24.4 Å². The summed E-state index contributed by atoms with van der Waals surface area (Å²) in [7, 11) is 0. The maximum atomic E-state index is 13.5. The Kier molecular flexibility index (Phi) is 6.54. The lowest BCUT2D eigenvalue weighted by molar-refractivity contribution is -0.765. The van der Waals surface area contributed by atoms with Crippen molar-refractivity contribution in [2.75, 3.05) is 4.90 Å². The summed E-state index contributed by atoms with van der Waals surface area (Å²) in [5.74, 6) is 0.220. The first kappa shape index (κ1) is 25.1. The molecular weight excluding hydrogens is 539 g/mol. The molecule has 0 N–H and O–H groups in total. The fourth-order valence-corrected chi connectivity index (χ4v) is 5.72. The standard InChI is InChI=1S/C29H20ClFN4O3S/c1-17(36)34-23-9-5-3-7-21(23)26-27(37)32-29(39-16-19-6-2-4-8-22(19)30)33-35(26)28(34)25-15-14-24(38-25)18-10-12-20(31)13-11-18/h2-15,28H,16H2,1H3. The molecule has 0 saturated heterocycles. The third-order valence-corrected chi connectivity index (χ3v) is 7.64. The summed E-state index contributed by atoms with van der Waals surface area (Å²) in [6.07, 6.45) is -0.892. The van der Waals surface area contributed by atoms with Crippen LogP contribution in [0.15, 0.2) is 94.5 Å². The number of carbonyl (C=O) groups excluding carboxylic acids is 1. The first-order valence-electron chi connectivity index (χ1n) is 12.0. The van der Waals surface area contributed by atoms with Crippen LogP contribution in [-0.2, 0) is 10.5 Å². The number of amides is 1. The van der Waals surface area contributed by atoms with Crippen molar-refractivity contribution in [3.8, 4) is 28.5 Å². The molecule has 0 radical (unpaired) electrons. The molecule has 2 aromatic heterocycles. The number of benzene rings is 3. The van der Waals surface area contributed by atoms with Crippen LogP contribution in [0, 0.1) is 5.82 Å². The van der Waals surface area contributed by atoms with Gasteiger partial charge < -0.3 is 9.52 Å². The molecule has 0 bridgehead atoms. The molecule has 0 fully saturated rings. The van der Waals surface area contributed by atoms with Gasteiger partial charge in [0, 0.05) is 28.4 Å². The molecule has 6 rings (SSSR count). The zero-order valence-corrected chi connectivity index (χ0v) is 22.1. The molecule has 3 aromatic carbocycles. The van der Waals surface area contributed by atoms with Gasteiger partial charge in [-0.25, -0.2) is 14.3 Å². The maximum Gasteiger partial charge on any atom is 0.325 e. The second kappa shape index (κ2) is 10.2. The van der Waals surface area contributed by atoms with E-state index in [4.69, 9.17) is 21.1 Å². The van der Waals surface area contributed by atoms with E-state index < -0.39 is 12.0 Å². The van der Waals surface area contributed by atoms with Crippen LogP contribution < -0.4 is 14.7 Å². The molecule has 39 heavy (non-hydrogen) atoms. The van der Waals surface area contributed by atoms with E-state index in [9.17, 15) is 14.3 Å². The summed E-state index contributed by atoms with van der Waals surface area (Å²) >= 11 is 7.58. The molecule has 0 aliphatic carbocycles. The highest BCUT2D eigenvalue weighted by Gasteiger charge is 2.45. The highest BCUT2D eigenvalue weighted by atomic mass is 35.5. The zero-order chi connectivity index (χ0) is 27.1. The number of halogens is 2. The Morgan fingerprint density at radius 1 is 1.08 bits per heavy atom. The largest absolute Gasteiger partial charge is 0.854 e. The van der Waals surface area contributed by atoms with E-state index in [1.807, 2.05) is 18.2 Å². The highest BCUT2D eigenvalue weighted by Crippen LogP contribution is 2.42. The Labute approximate surface area is 232 Å². The van der Waals surface area contributed by atoms with Crippen molar-refractivity contribution in [1.29, 1.82) is 0 Å². The quantitative estimate of drug-likeness (QED) is 0.201. The minimum Gasteiger partial charge on any atom is -0.854 e. The zero-order valence-electron chi connectivity index (χ0n) is 20.5. The van der Waals surface area contributed by atoms with Crippen LogP contribution in [0.3, 0.4) is 0 Å². The first-order chi connectivity index (χ1) is 18.9. The van der Waals surface area contributed by atoms with Crippen LogP contribution in [0.25, 0.3) is 22.6 Å². The third kappa shape index (κ3) is 4.64. The number of para-hydroxylation sites is 1. The monoisotopic (exact) mass is 558 g/mol. The van der Waals surface area contributed by atoms with Crippen LogP contribution in [0.2, 0.25) is 5.02 Å². The molecule has 1 aliphatic heterocycles. The maximum absolute atomic E-state index is 13.5. The Balaban J connectivity index is 1.48. The van der Waals surface area contributed by atoms with Crippen molar-refractivity contribution in [2.24, 2.45) is 0 Å². The third-order valence-electron chi connectivity index (χ3n) is 6.38. The molecular formula is C29H20ClFN4O3S. The highest BCUT2D eigenvalue weighted by molar-refractivity contribution is 7.98. The van der Waals surface area contributed by atoms with Gasteiger partial charge >= 0.3 is 6.17 Å². The summed E-state index contributed by atoms with van der Waals surface area (Å²) in [6.45, 7) is 1.45. The fraction of sp³-hybridized carbons (Fsp3) is 0.103. The summed E-state index contributed by atoms with van der Waals surface area (Å²) in [4.78, 5) is 18.9. The number of hydrogen-bond acceptors (Lipinski definition) is 6. The number of anilines is 1.